The third kappa shape index (κ3) is 2.69. The number of rotatable bonds is 0. The molecule has 0 nitrogen and oxygen atoms in total. The molecule has 0 aromatic heterocycles. The van der Waals surface area contributed by atoms with Crippen molar-refractivity contribution in [3.8, 4) is 0 Å². The van der Waals surface area contributed by atoms with Crippen molar-refractivity contribution < 1.29 is 0 Å². The Morgan fingerprint density at radius 1 is 0.233 bits per heavy atom. The molecule has 0 radical (unpaired) electrons. The first-order valence-corrected chi connectivity index (χ1v) is 10.4. The molecule has 0 aliphatic carbocycles. The monoisotopic (exact) mass is 380 g/mol. The third-order valence-electron chi connectivity index (χ3n) is 6.05. The van der Waals surface area contributed by atoms with Gasteiger partial charge in [-0.05, 0) is 53.9 Å². The molecule has 0 bridgehead atoms. The zero-order valence-corrected chi connectivity index (χ0v) is 16.5. The molecule has 0 fully saturated rings. The van der Waals surface area contributed by atoms with Crippen LogP contribution in [0.3, 0.4) is 0 Å². The topological polar surface area (TPSA) is 0 Å². The van der Waals surface area contributed by atoms with E-state index in [1.807, 2.05) is 0 Å². The molecule has 0 unspecified atom stereocenters. The first kappa shape index (κ1) is 17.0. The van der Waals surface area contributed by atoms with Crippen molar-refractivity contribution in [2.75, 3.05) is 0 Å². The lowest BCUT2D eigenvalue weighted by molar-refractivity contribution is 1.76. The second-order valence-electron chi connectivity index (χ2n) is 7.80. The smallest absolute Gasteiger partial charge is 0.00268 e. The van der Waals surface area contributed by atoms with Gasteiger partial charge in [-0.25, -0.2) is 0 Å². The number of fused-ring (bicyclic) bond motifs is 3. The Kier molecular flexibility index (Phi) is 3.89. The van der Waals surface area contributed by atoms with Gasteiger partial charge in [0.1, 0.15) is 0 Å². The molecule has 7 rings (SSSR count). The minimum Gasteiger partial charge on any atom is -0.0616 e. The molecule has 7 aromatic rings. The maximum atomic E-state index is 2.21. The van der Waals surface area contributed by atoms with Gasteiger partial charge in [0.2, 0.25) is 0 Å². The summed E-state index contributed by atoms with van der Waals surface area (Å²) in [6, 6.07) is 43.2. The Hall–Kier alpha value is -3.90. The van der Waals surface area contributed by atoms with E-state index in [0.29, 0.717) is 0 Å². The Balaban J connectivity index is 0.000000118. The van der Waals surface area contributed by atoms with E-state index in [4.69, 9.17) is 0 Å². The average Bonchev–Trinajstić information content (AvgIpc) is 2.83. The van der Waals surface area contributed by atoms with Crippen LogP contribution < -0.4 is 0 Å². The summed E-state index contributed by atoms with van der Waals surface area (Å²) in [6.45, 7) is 0. The van der Waals surface area contributed by atoms with Crippen LogP contribution in [0.25, 0.3) is 53.9 Å². The van der Waals surface area contributed by atoms with Crippen molar-refractivity contribution in [2.24, 2.45) is 0 Å². The summed E-state index contributed by atoms with van der Waals surface area (Å²) in [4.78, 5) is 0. The standard InChI is InChI=1S/C16H10.C14H10/c1-3-11-7-9-13-5-2-6-14-10-8-12(4-1)15(11)16(13)14;1-3-7-13-11(5-1)9-10-12-6-2-4-8-14(12)13/h1-10H;1-10H. The van der Waals surface area contributed by atoms with Gasteiger partial charge in [0, 0.05) is 0 Å². The van der Waals surface area contributed by atoms with Gasteiger partial charge in [0.15, 0.2) is 0 Å². The van der Waals surface area contributed by atoms with Crippen molar-refractivity contribution in [2.45, 2.75) is 0 Å². The highest BCUT2D eigenvalue weighted by atomic mass is 14.1. The summed E-state index contributed by atoms with van der Waals surface area (Å²) < 4.78 is 0. The molecular formula is C30H20. The van der Waals surface area contributed by atoms with Crippen molar-refractivity contribution in [1.29, 1.82) is 0 Å². The minimum absolute atomic E-state index is 1.31. The molecule has 0 N–H and O–H groups in total. The Morgan fingerprint density at radius 3 is 0.933 bits per heavy atom. The number of hydrogen-bond acceptors (Lipinski definition) is 0. The first-order chi connectivity index (χ1) is 14.9. The fraction of sp³-hybridized carbons (Fsp3) is 0. The van der Waals surface area contributed by atoms with Crippen LogP contribution in [0.15, 0.2) is 121 Å². The van der Waals surface area contributed by atoms with Gasteiger partial charge < -0.3 is 0 Å². The van der Waals surface area contributed by atoms with Crippen LogP contribution >= 0.6 is 0 Å². The van der Waals surface area contributed by atoms with E-state index < -0.39 is 0 Å². The second-order valence-corrected chi connectivity index (χ2v) is 7.80. The molecule has 140 valence electrons. The van der Waals surface area contributed by atoms with Gasteiger partial charge in [-0.15, -0.1) is 0 Å². The predicted octanol–water partition coefficient (Wildman–Crippen LogP) is 8.58. The molecule has 0 heterocycles. The first-order valence-electron chi connectivity index (χ1n) is 10.4. The van der Waals surface area contributed by atoms with E-state index in [0.717, 1.165) is 0 Å². The second kappa shape index (κ2) is 6.86. The zero-order valence-electron chi connectivity index (χ0n) is 16.5. The largest absolute Gasteiger partial charge is 0.0616 e. The van der Waals surface area contributed by atoms with E-state index in [2.05, 4.69) is 121 Å². The van der Waals surface area contributed by atoms with Crippen LogP contribution in [0.5, 0.6) is 0 Å². The molecule has 0 atom stereocenters. The lowest BCUT2D eigenvalue weighted by Crippen LogP contribution is -1.82. The molecule has 0 saturated heterocycles. The highest BCUT2D eigenvalue weighted by Gasteiger charge is 2.06. The predicted molar refractivity (Wildman–Crippen MR) is 132 cm³/mol. The van der Waals surface area contributed by atoms with Gasteiger partial charge in [0.05, 0.1) is 0 Å². The molecule has 7 aromatic carbocycles. The summed E-state index contributed by atoms with van der Waals surface area (Å²) >= 11 is 0. The van der Waals surface area contributed by atoms with Crippen molar-refractivity contribution in [3.05, 3.63) is 121 Å². The van der Waals surface area contributed by atoms with Gasteiger partial charge in [-0.3, -0.25) is 0 Å². The lowest BCUT2D eigenvalue weighted by atomic mass is 9.95. The minimum atomic E-state index is 1.31. The fourth-order valence-electron chi connectivity index (χ4n) is 4.62. The maximum Gasteiger partial charge on any atom is -0.00268 e. The van der Waals surface area contributed by atoms with Gasteiger partial charge in [-0.2, -0.15) is 0 Å². The lowest BCUT2D eigenvalue weighted by Gasteiger charge is -2.09. The molecule has 0 aliphatic heterocycles. The quantitative estimate of drug-likeness (QED) is 0.231. The third-order valence-corrected chi connectivity index (χ3v) is 6.05. The molecule has 30 heavy (non-hydrogen) atoms. The fourth-order valence-corrected chi connectivity index (χ4v) is 4.62. The molecule has 0 amide bonds. The summed E-state index contributed by atoms with van der Waals surface area (Å²) in [5, 5.41) is 13.4. The van der Waals surface area contributed by atoms with E-state index in [9.17, 15) is 0 Å². The summed E-state index contributed by atoms with van der Waals surface area (Å²) in [6.07, 6.45) is 0. The van der Waals surface area contributed by atoms with E-state index in [1.165, 1.54) is 53.9 Å². The van der Waals surface area contributed by atoms with Crippen LogP contribution in [-0.4, -0.2) is 0 Å². The van der Waals surface area contributed by atoms with Gasteiger partial charge in [0.25, 0.3) is 0 Å². The number of hydrogen-bond donors (Lipinski definition) is 0. The van der Waals surface area contributed by atoms with Crippen molar-refractivity contribution in [1.82, 2.24) is 0 Å². The Labute approximate surface area is 175 Å². The Bertz CT molecular complexity index is 1450. The normalized spacial score (nSPS) is 11.3. The highest BCUT2D eigenvalue weighted by Crippen LogP contribution is 2.33. The summed E-state index contributed by atoms with van der Waals surface area (Å²) in [7, 11) is 0. The van der Waals surface area contributed by atoms with E-state index >= 15 is 0 Å². The van der Waals surface area contributed by atoms with Gasteiger partial charge in [-0.1, -0.05) is 121 Å². The van der Waals surface area contributed by atoms with E-state index in [1.54, 1.807) is 0 Å². The van der Waals surface area contributed by atoms with Crippen LogP contribution in [0.2, 0.25) is 0 Å². The zero-order chi connectivity index (χ0) is 19.9. The maximum absolute atomic E-state index is 2.21. The number of benzene rings is 7. The van der Waals surface area contributed by atoms with Crippen LogP contribution in [0.4, 0.5) is 0 Å². The van der Waals surface area contributed by atoms with Crippen LogP contribution in [0.1, 0.15) is 0 Å². The van der Waals surface area contributed by atoms with E-state index in [-0.39, 0.29) is 0 Å². The highest BCUT2D eigenvalue weighted by molar-refractivity contribution is 6.22. The summed E-state index contributed by atoms with van der Waals surface area (Å²) in [5.74, 6) is 0. The molecule has 0 spiro atoms. The van der Waals surface area contributed by atoms with Crippen molar-refractivity contribution >= 4 is 53.9 Å². The SMILES string of the molecule is c1cc2ccc3cccc4ccc(c1)c2c34.c1ccc2c(c1)ccc1ccccc12. The van der Waals surface area contributed by atoms with Crippen LogP contribution in [-0.2, 0) is 0 Å². The van der Waals surface area contributed by atoms with Crippen LogP contribution in [0, 0.1) is 0 Å². The molecule has 0 saturated carbocycles. The molecular weight excluding hydrogens is 360 g/mol. The Morgan fingerprint density at radius 2 is 0.533 bits per heavy atom. The average molecular weight is 380 g/mol. The van der Waals surface area contributed by atoms with Gasteiger partial charge >= 0.3 is 0 Å². The molecule has 0 heteroatoms. The molecule has 0 aliphatic rings. The summed E-state index contributed by atoms with van der Waals surface area (Å²) in [5.41, 5.74) is 0. The van der Waals surface area contributed by atoms with Crippen molar-refractivity contribution in [3.63, 3.8) is 0 Å².